The van der Waals surface area contributed by atoms with Gasteiger partial charge in [0.05, 0.1) is 19.4 Å². The third kappa shape index (κ3) is 4.41. The van der Waals surface area contributed by atoms with Gasteiger partial charge in [0.1, 0.15) is 11.6 Å². The summed E-state index contributed by atoms with van der Waals surface area (Å²) in [5.74, 6) is 2.63. The summed E-state index contributed by atoms with van der Waals surface area (Å²) in [5.41, 5.74) is 3.48. The van der Waals surface area contributed by atoms with Crippen LogP contribution in [0.5, 0.6) is 5.75 Å². The highest BCUT2D eigenvalue weighted by molar-refractivity contribution is 5.37. The topological polar surface area (TPSA) is 48.3 Å². The fourth-order valence-electron chi connectivity index (χ4n) is 3.56. The van der Waals surface area contributed by atoms with Crippen LogP contribution < -0.4 is 10.1 Å². The molecule has 0 spiro atoms. The Morgan fingerprint density at radius 2 is 2.24 bits per heavy atom. The van der Waals surface area contributed by atoms with Crippen LogP contribution in [0, 0.1) is 6.92 Å². The minimum Gasteiger partial charge on any atom is -0.496 e. The van der Waals surface area contributed by atoms with Gasteiger partial charge in [-0.05, 0) is 44.4 Å². The summed E-state index contributed by atoms with van der Waals surface area (Å²) in [4.78, 5) is 4.72. The highest BCUT2D eigenvalue weighted by Crippen LogP contribution is 2.26. The molecule has 1 aliphatic heterocycles. The molecule has 136 valence electrons. The van der Waals surface area contributed by atoms with Gasteiger partial charge in [-0.2, -0.15) is 0 Å². The van der Waals surface area contributed by atoms with E-state index in [0.29, 0.717) is 19.1 Å². The highest BCUT2D eigenvalue weighted by Gasteiger charge is 2.21. The predicted octanol–water partition coefficient (Wildman–Crippen LogP) is 3.40. The van der Waals surface area contributed by atoms with Crippen molar-refractivity contribution in [2.24, 2.45) is 0 Å². The summed E-state index contributed by atoms with van der Waals surface area (Å²) in [5, 5.41) is 3.61. The molecule has 5 heteroatoms. The van der Waals surface area contributed by atoms with E-state index in [1.807, 2.05) is 13.0 Å². The molecule has 25 heavy (non-hydrogen) atoms. The van der Waals surface area contributed by atoms with Gasteiger partial charge in [-0.1, -0.05) is 6.07 Å². The number of ether oxygens (including phenoxy) is 2. The summed E-state index contributed by atoms with van der Waals surface area (Å²) < 4.78 is 13.3. The van der Waals surface area contributed by atoms with Crippen LogP contribution in [0.15, 0.2) is 24.4 Å². The molecule has 5 nitrogen and oxygen atoms in total. The van der Waals surface area contributed by atoms with Gasteiger partial charge in [0.15, 0.2) is 0 Å². The average molecular weight is 343 g/mol. The largest absolute Gasteiger partial charge is 0.496 e. The maximum atomic E-state index is 5.55. The Bertz CT molecular complexity index is 696. The summed E-state index contributed by atoms with van der Waals surface area (Å²) in [7, 11) is 1.70. The number of imidazole rings is 1. The molecular formula is C20H29N3O2. The molecule has 1 aromatic carbocycles. The number of nitrogens with one attached hydrogen (secondary N) is 1. The summed E-state index contributed by atoms with van der Waals surface area (Å²) in [6.45, 7) is 8.29. The smallest absolute Gasteiger partial charge is 0.124 e. The van der Waals surface area contributed by atoms with Crippen molar-refractivity contribution in [1.82, 2.24) is 14.9 Å². The van der Waals surface area contributed by atoms with E-state index in [4.69, 9.17) is 14.5 Å². The molecule has 0 unspecified atom stereocenters. The standard InChI is InChI=1S/C20H29N3O2/c1-4-25-14-18-10-16(7-8-19(18)24-3)11-21-12-17-6-5-9-23-13-15(2)22-20(17)23/h7-8,10,13,17,21H,4-6,9,11-12,14H2,1-3H3/t17-/m0/s1. The zero-order chi connectivity index (χ0) is 17.6. The third-order valence-corrected chi connectivity index (χ3v) is 4.77. The normalized spacial score (nSPS) is 16.7. The predicted molar refractivity (Wildman–Crippen MR) is 99.0 cm³/mol. The average Bonchev–Trinajstić information content (AvgIpc) is 3.01. The number of fused-ring (bicyclic) bond motifs is 1. The van der Waals surface area contributed by atoms with Gasteiger partial charge in [0.2, 0.25) is 0 Å². The first-order valence-corrected chi connectivity index (χ1v) is 9.19. The van der Waals surface area contributed by atoms with Gasteiger partial charge >= 0.3 is 0 Å². The van der Waals surface area contributed by atoms with Crippen LogP contribution in [0.3, 0.4) is 0 Å². The van der Waals surface area contributed by atoms with Crippen LogP contribution in [-0.2, 0) is 24.4 Å². The molecule has 0 saturated heterocycles. The lowest BCUT2D eigenvalue weighted by atomic mass is 9.99. The molecule has 2 heterocycles. The quantitative estimate of drug-likeness (QED) is 0.798. The molecule has 1 aliphatic rings. The van der Waals surface area contributed by atoms with E-state index < -0.39 is 0 Å². The summed E-state index contributed by atoms with van der Waals surface area (Å²) in [6, 6.07) is 6.32. The van der Waals surface area contributed by atoms with Crippen LogP contribution in [-0.4, -0.2) is 29.8 Å². The zero-order valence-corrected chi connectivity index (χ0v) is 15.5. The van der Waals surface area contributed by atoms with Crippen LogP contribution >= 0.6 is 0 Å². The van der Waals surface area contributed by atoms with Crippen molar-refractivity contribution in [1.29, 1.82) is 0 Å². The first-order chi connectivity index (χ1) is 12.2. The number of nitrogens with zero attached hydrogens (tertiary/aromatic N) is 2. The number of aryl methyl sites for hydroxylation is 2. The minimum absolute atomic E-state index is 0.503. The molecule has 1 N–H and O–H groups in total. The molecule has 0 aliphatic carbocycles. The first-order valence-electron chi connectivity index (χ1n) is 9.19. The number of methoxy groups -OCH3 is 1. The van der Waals surface area contributed by atoms with E-state index in [9.17, 15) is 0 Å². The van der Waals surface area contributed by atoms with Gasteiger partial charge in [-0.3, -0.25) is 0 Å². The number of rotatable bonds is 8. The van der Waals surface area contributed by atoms with E-state index in [1.54, 1.807) is 7.11 Å². The lowest BCUT2D eigenvalue weighted by Crippen LogP contribution is -2.26. The first kappa shape index (κ1) is 18.0. The maximum absolute atomic E-state index is 5.55. The maximum Gasteiger partial charge on any atom is 0.124 e. The number of hydrogen-bond acceptors (Lipinski definition) is 4. The van der Waals surface area contributed by atoms with Crippen molar-refractivity contribution in [3.05, 3.63) is 47.0 Å². The van der Waals surface area contributed by atoms with Gasteiger partial charge in [-0.15, -0.1) is 0 Å². The lowest BCUT2D eigenvalue weighted by molar-refractivity contribution is 0.132. The molecule has 0 bridgehead atoms. The number of aromatic nitrogens is 2. The van der Waals surface area contributed by atoms with E-state index >= 15 is 0 Å². The second-order valence-electron chi connectivity index (χ2n) is 6.69. The Morgan fingerprint density at radius 3 is 3.04 bits per heavy atom. The van der Waals surface area contributed by atoms with Gasteiger partial charge in [0.25, 0.3) is 0 Å². The summed E-state index contributed by atoms with van der Waals surface area (Å²) in [6.07, 6.45) is 4.61. The van der Waals surface area contributed by atoms with E-state index in [-0.39, 0.29) is 0 Å². The van der Waals surface area contributed by atoms with Crippen LogP contribution in [0.4, 0.5) is 0 Å². The van der Waals surface area contributed by atoms with Crippen molar-refractivity contribution in [3.63, 3.8) is 0 Å². The second kappa shape index (κ2) is 8.50. The molecule has 2 aromatic rings. The van der Waals surface area contributed by atoms with Crippen molar-refractivity contribution < 1.29 is 9.47 Å². The van der Waals surface area contributed by atoms with Crippen molar-refractivity contribution in [2.75, 3.05) is 20.3 Å². The van der Waals surface area contributed by atoms with Gasteiger partial charge < -0.3 is 19.4 Å². The van der Waals surface area contributed by atoms with Crippen molar-refractivity contribution in [2.45, 2.75) is 52.3 Å². The minimum atomic E-state index is 0.503. The molecule has 0 amide bonds. The number of hydrogen-bond donors (Lipinski definition) is 1. The monoisotopic (exact) mass is 343 g/mol. The Morgan fingerprint density at radius 1 is 1.36 bits per heavy atom. The van der Waals surface area contributed by atoms with E-state index in [2.05, 4.69) is 35.1 Å². The summed E-state index contributed by atoms with van der Waals surface area (Å²) >= 11 is 0. The Hall–Kier alpha value is -1.85. The molecule has 3 rings (SSSR count). The lowest BCUT2D eigenvalue weighted by Gasteiger charge is -2.23. The Labute approximate surface area is 150 Å². The van der Waals surface area contributed by atoms with E-state index in [0.717, 1.165) is 36.6 Å². The molecule has 1 aromatic heterocycles. The fourth-order valence-corrected chi connectivity index (χ4v) is 3.56. The van der Waals surface area contributed by atoms with Crippen molar-refractivity contribution in [3.8, 4) is 5.75 Å². The molecule has 0 saturated carbocycles. The molecule has 1 atom stereocenters. The Balaban J connectivity index is 1.59. The third-order valence-electron chi connectivity index (χ3n) is 4.77. The highest BCUT2D eigenvalue weighted by atomic mass is 16.5. The van der Waals surface area contributed by atoms with Crippen LogP contribution in [0.2, 0.25) is 0 Å². The van der Waals surface area contributed by atoms with Crippen LogP contribution in [0.25, 0.3) is 0 Å². The second-order valence-corrected chi connectivity index (χ2v) is 6.69. The zero-order valence-electron chi connectivity index (χ0n) is 15.5. The van der Waals surface area contributed by atoms with E-state index in [1.165, 1.54) is 24.2 Å². The molecule has 0 radical (unpaired) electrons. The number of benzene rings is 1. The molecular weight excluding hydrogens is 314 g/mol. The SMILES string of the molecule is CCOCc1cc(CNC[C@@H]2CCCn3cc(C)nc32)ccc1OC. The van der Waals surface area contributed by atoms with Crippen molar-refractivity contribution >= 4 is 0 Å². The van der Waals surface area contributed by atoms with Crippen LogP contribution in [0.1, 0.15) is 48.3 Å². The van der Waals surface area contributed by atoms with Gasteiger partial charge in [-0.25, -0.2) is 4.98 Å². The molecule has 0 fully saturated rings. The van der Waals surface area contributed by atoms with Gasteiger partial charge in [0, 0.05) is 43.9 Å². The fraction of sp³-hybridized carbons (Fsp3) is 0.550. The Kier molecular flexibility index (Phi) is 6.10.